The molecular formula is C13H18ClFN2. The molecule has 0 aliphatic carbocycles. The normalized spacial score (nSPS) is 25.5. The predicted octanol–water partition coefficient (Wildman–Crippen LogP) is 2.74. The first-order valence-corrected chi connectivity index (χ1v) is 6.26. The number of rotatable bonds is 2. The summed E-state index contributed by atoms with van der Waals surface area (Å²) >= 11 is 6.01. The van der Waals surface area contributed by atoms with Crippen molar-refractivity contribution in [3.05, 3.63) is 34.1 Å². The van der Waals surface area contributed by atoms with Gasteiger partial charge in [0, 0.05) is 23.2 Å². The Labute approximate surface area is 107 Å². The van der Waals surface area contributed by atoms with Gasteiger partial charge in [-0.3, -0.25) is 4.90 Å². The van der Waals surface area contributed by atoms with Gasteiger partial charge in [-0.25, -0.2) is 4.39 Å². The van der Waals surface area contributed by atoms with Gasteiger partial charge in [0.2, 0.25) is 0 Å². The molecule has 0 saturated carbocycles. The highest BCUT2D eigenvalue weighted by atomic mass is 35.5. The number of hydrogen-bond acceptors (Lipinski definition) is 2. The first kappa shape index (κ1) is 12.8. The lowest BCUT2D eigenvalue weighted by molar-refractivity contribution is 0.306. The summed E-state index contributed by atoms with van der Waals surface area (Å²) in [6.45, 7) is 3.33. The van der Waals surface area contributed by atoms with Crippen LogP contribution in [-0.4, -0.2) is 25.0 Å². The fourth-order valence-electron chi connectivity index (χ4n) is 2.63. The number of aryl methyl sites for hydroxylation is 1. The lowest BCUT2D eigenvalue weighted by atomic mass is 9.98. The largest absolute Gasteiger partial charge is 0.330 e. The maximum atomic E-state index is 14.1. The fourth-order valence-corrected chi connectivity index (χ4v) is 2.92. The molecular weight excluding hydrogens is 239 g/mol. The highest BCUT2D eigenvalue weighted by Crippen LogP contribution is 2.36. The summed E-state index contributed by atoms with van der Waals surface area (Å²) < 4.78 is 14.1. The van der Waals surface area contributed by atoms with Gasteiger partial charge in [0.25, 0.3) is 0 Å². The standard InChI is InChI=1S/C13H18ClFN2/c1-8-3-10(14)5-11(13(8)15)12-4-9(6-16)7-17(12)2/h3,5,9,12H,4,6-7,16H2,1-2H3. The van der Waals surface area contributed by atoms with E-state index in [-0.39, 0.29) is 11.9 Å². The highest BCUT2D eigenvalue weighted by molar-refractivity contribution is 6.30. The molecule has 4 heteroatoms. The van der Waals surface area contributed by atoms with Gasteiger partial charge in [-0.15, -0.1) is 0 Å². The zero-order valence-corrected chi connectivity index (χ0v) is 11.0. The van der Waals surface area contributed by atoms with Gasteiger partial charge in [0.05, 0.1) is 0 Å². The lowest BCUT2D eigenvalue weighted by Crippen LogP contribution is -2.21. The van der Waals surface area contributed by atoms with Crippen molar-refractivity contribution in [2.75, 3.05) is 20.1 Å². The first-order valence-electron chi connectivity index (χ1n) is 5.88. The van der Waals surface area contributed by atoms with Crippen LogP contribution in [0.3, 0.4) is 0 Å². The predicted molar refractivity (Wildman–Crippen MR) is 68.7 cm³/mol. The molecule has 94 valence electrons. The molecule has 0 amide bonds. The van der Waals surface area contributed by atoms with E-state index in [2.05, 4.69) is 4.90 Å². The van der Waals surface area contributed by atoms with Crippen LogP contribution in [0.5, 0.6) is 0 Å². The van der Waals surface area contributed by atoms with E-state index in [9.17, 15) is 4.39 Å². The summed E-state index contributed by atoms with van der Waals surface area (Å²) in [7, 11) is 2.01. The van der Waals surface area contributed by atoms with Crippen LogP contribution in [0.4, 0.5) is 4.39 Å². The third-order valence-corrected chi connectivity index (χ3v) is 3.79. The summed E-state index contributed by atoms with van der Waals surface area (Å²) in [4.78, 5) is 2.16. The Bertz CT molecular complexity index is 422. The molecule has 1 aromatic rings. The van der Waals surface area contributed by atoms with Crippen LogP contribution in [-0.2, 0) is 0 Å². The second-order valence-corrected chi connectivity index (χ2v) is 5.36. The molecule has 0 spiro atoms. The number of halogens is 2. The molecule has 1 heterocycles. The minimum atomic E-state index is -0.135. The Morgan fingerprint density at radius 2 is 2.24 bits per heavy atom. The van der Waals surface area contributed by atoms with E-state index in [1.54, 1.807) is 19.1 Å². The lowest BCUT2D eigenvalue weighted by Gasteiger charge is -2.21. The quantitative estimate of drug-likeness (QED) is 0.882. The van der Waals surface area contributed by atoms with Crippen molar-refractivity contribution in [3.63, 3.8) is 0 Å². The van der Waals surface area contributed by atoms with Crippen molar-refractivity contribution in [2.45, 2.75) is 19.4 Å². The van der Waals surface area contributed by atoms with E-state index in [1.165, 1.54) is 0 Å². The summed E-state index contributed by atoms with van der Waals surface area (Å²) in [6, 6.07) is 3.50. The molecule has 0 bridgehead atoms. The van der Waals surface area contributed by atoms with Crippen molar-refractivity contribution < 1.29 is 4.39 Å². The summed E-state index contributed by atoms with van der Waals surface area (Å²) in [5, 5.41) is 0.600. The van der Waals surface area contributed by atoms with Crippen LogP contribution in [0.1, 0.15) is 23.6 Å². The first-order chi connectivity index (χ1) is 8.02. The van der Waals surface area contributed by atoms with Crippen LogP contribution in [0.25, 0.3) is 0 Å². The minimum absolute atomic E-state index is 0.0981. The molecule has 1 fully saturated rings. The molecule has 1 aliphatic heterocycles. The van der Waals surface area contributed by atoms with Gasteiger partial charge >= 0.3 is 0 Å². The highest BCUT2D eigenvalue weighted by Gasteiger charge is 2.31. The second kappa shape index (κ2) is 4.92. The topological polar surface area (TPSA) is 29.3 Å². The SMILES string of the molecule is Cc1cc(Cl)cc(C2CC(CN)CN2C)c1F. The average Bonchev–Trinajstić information content (AvgIpc) is 2.65. The van der Waals surface area contributed by atoms with Crippen LogP contribution in [0.2, 0.25) is 5.02 Å². The monoisotopic (exact) mass is 256 g/mol. The summed E-state index contributed by atoms with van der Waals surface area (Å²) in [6.07, 6.45) is 0.906. The second-order valence-electron chi connectivity index (χ2n) is 4.92. The van der Waals surface area contributed by atoms with Gasteiger partial charge in [-0.05, 0) is 50.6 Å². The van der Waals surface area contributed by atoms with Gasteiger partial charge < -0.3 is 5.73 Å². The molecule has 2 atom stereocenters. The molecule has 17 heavy (non-hydrogen) atoms. The summed E-state index contributed by atoms with van der Waals surface area (Å²) in [5.41, 5.74) is 7.00. The Morgan fingerprint density at radius 1 is 1.53 bits per heavy atom. The number of nitrogens with two attached hydrogens (primary N) is 1. The van der Waals surface area contributed by atoms with Crippen molar-refractivity contribution in [1.29, 1.82) is 0 Å². The minimum Gasteiger partial charge on any atom is -0.330 e. The molecule has 0 aromatic heterocycles. The van der Waals surface area contributed by atoms with E-state index < -0.39 is 0 Å². The third kappa shape index (κ3) is 2.46. The number of hydrogen-bond donors (Lipinski definition) is 1. The van der Waals surface area contributed by atoms with Gasteiger partial charge in [-0.1, -0.05) is 11.6 Å². The van der Waals surface area contributed by atoms with Crippen LogP contribution in [0.15, 0.2) is 12.1 Å². The van der Waals surface area contributed by atoms with Crippen molar-refractivity contribution in [1.82, 2.24) is 4.90 Å². The Balaban J connectivity index is 2.34. The maximum absolute atomic E-state index is 14.1. The molecule has 2 unspecified atom stereocenters. The van der Waals surface area contributed by atoms with Crippen LogP contribution in [0, 0.1) is 18.7 Å². The van der Waals surface area contributed by atoms with E-state index in [0.29, 0.717) is 28.6 Å². The Hall–Kier alpha value is -0.640. The maximum Gasteiger partial charge on any atom is 0.130 e. The zero-order chi connectivity index (χ0) is 12.6. The Kier molecular flexibility index (Phi) is 3.71. The molecule has 2 nitrogen and oxygen atoms in total. The molecule has 1 saturated heterocycles. The average molecular weight is 257 g/mol. The fraction of sp³-hybridized carbons (Fsp3) is 0.538. The van der Waals surface area contributed by atoms with Gasteiger partial charge in [-0.2, -0.15) is 0 Å². The molecule has 1 aliphatic rings. The van der Waals surface area contributed by atoms with Crippen molar-refractivity contribution in [3.8, 4) is 0 Å². The Morgan fingerprint density at radius 3 is 2.82 bits per heavy atom. The van der Waals surface area contributed by atoms with Crippen molar-refractivity contribution >= 4 is 11.6 Å². The number of nitrogens with zero attached hydrogens (tertiary/aromatic N) is 1. The van der Waals surface area contributed by atoms with Crippen LogP contribution >= 0.6 is 11.6 Å². The van der Waals surface area contributed by atoms with Gasteiger partial charge in [0.15, 0.2) is 0 Å². The third-order valence-electron chi connectivity index (χ3n) is 3.57. The number of likely N-dealkylation sites (tertiary alicyclic amines) is 1. The molecule has 2 N–H and O–H groups in total. The van der Waals surface area contributed by atoms with Gasteiger partial charge in [0.1, 0.15) is 5.82 Å². The molecule has 2 rings (SSSR count). The smallest absolute Gasteiger partial charge is 0.130 e. The van der Waals surface area contributed by atoms with Crippen LogP contribution < -0.4 is 5.73 Å². The molecule has 1 aromatic carbocycles. The number of benzene rings is 1. The molecule has 0 radical (unpaired) electrons. The van der Waals surface area contributed by atoms with E-state index in [0.717, 1.165) is 13.0 Å². The van der Waals surface area contributed by atoms with E-state index in [1.807, 2.05) is 7.05 Å². The zero-order valence-electron chi connectivity index (χ0n) is 10.2. The summed E-state index contributed by atoms with van der Waals surface area (Å²) in [5.74, 6) is 0.313. The van der Waals surface area contributed by atoms with E-state index in [4.69, 9.17) is 17.3 Å². The van der Waals surface area contributed by atoms with E-state index >= 15 is 0 Å². The van der Waals surface area contributed by atoms with Crippen molar-refractivity contribution in [2.24, 2.45) is 11.7 Å².